The van der Waals surface area contributed by atoms with Crippen LogP contribution in [-0.2, 0) is 71.9 Å². The SMILES string of the molecule is CN[C@@H](C)C(=O)NCC(=O)NCCOCC(=O)N[C@H](CCC(=O)O)C(=O)N[C@H](CCC(=O)O)C(=O)N[C@H](CCC(=O)O)C(=O)N[C@H](CCC(=O)O)C(=O)N[C@H](CCC(=O)O)C(=O)N[C@H](CCCCN)C(N)=O. The van der Waals surface area contributed by atoms with E-state index in [9.17, 15) is 92.7 Å². The summed E-state index contributed by atoms with van der Waals surface area (Å²) in [6, 6.07) is -11.0. The zero-order valence-electron chi connectivity index (χ0n) is 39.8. The molecule has 0 aliphatic rings. The summed E-state index contributed by atoms with van der Waals surface area (Å²) in [5.41, 5.74) is 10.9. The third-order valence-corrected chi connectivity index (χ3v) is 10.1. The van der Waals surface area contributed by atoms with E-state index in [1.54, 1.807) is 14.0 Å². The number of hydrogen-bond acceptors (Lipinski definition) is 17. The predicted octanol–water partition coefficient (Wildman–Crippen LogP) is -6.31. The maximum absolute atomic E-state index is 13.8. The fourth-order valence-corrected chi connectivity index (χ4v) is 6.00. The molecule has 0 unspecified atom stereocenters. The Balaban J connectivity index is 6.38. The molecule has 0 aromatic carbocycles. The number of primary amides is 1. The van der Waals surface area contributed by atoms with Gasteiger partial charge in [0.05, 0.1) is 19.2 Å². The number of amides is 9. The molecule has 0 aliphatic carbocycles. The van der Waals surface area contributed by atoms with Gasteiger partial charge in [0, 0.05) is 38.6 Å². The molecule has 7 atom stereocenters. The van der Waals surface area contributed by atoms with Crippen LogP contribution in [0.25, 0.3) is 0 Å². The lowest BCUT2D eigenvalue weighted by atomic mass is 10.0. The van der Waals surface area contributed by atoms with Crippen LogP contribution in [-0.4, -0.2) is 191 Å². The first-order valence-electron chi connectivity index (χ1n) is 22.5. The van der Waals surface area contributed by atoms with Crippen LogP contribution in [0.2, 0.25) is 0 Å². The quantitative estimate of drug-likeness (QED) is 0.0254. The van der Waals surface area contributed by atoms with E-state index in [0.29, 0.717) is 12.8 Å². The minimum atomic E-state index is -1.93. The van der Waals surface area contributed by atoms with E-state index in [1.165, 1.54) is 0 Å². The fourth-order valence-electron chi connectivity index (χ4n) is 6.00. The van der Waals surface area contributed by atoms with Crippen LogP contribution >= 0.6 is 0 Å². The van der Waals surface area contributed by atoms with E-state index in [4.69, 9.17) is 16.2 Å². The second-order valence-corrected chi connectivity index (χ2v) is 15.9. The molecular weight excluding hydrogens is 967 g/mol. The monoisotopic (exact) mass is 1030 g/mol. The minimum absolute atomic E-state index is 0.0182. The first kappa shape index (κ1) is 64.5. The highest BCUT2D eigenvalue weighted by Gasteiger charge is 2.34. The average Bonchev–Trinajstić information content (AvgIpc) is 3.30. The lowest BCUT2D eigenvalue weighted by Crippen LogP contribution is -2.59. The number of rotatable bonds is 40. The Hall–Kier alpha value is -7.54. The largest absolute Gasteiger partial charge is 0.481 e. The number of nitrogens with two attached hydrogens (primary N) is 2. The number of likely N-dealkylation sites (N-methyl/N-ethyl adjacent to an activating group) is 1. The molecular formula is C41H67N11O20. The Morgan fingerprint density at radius 2 is 0.806 bits per heavy atom. The molecule has 0 aliphatic heterocycles. The number of hydrogen-bond donors (Lipinski definition) is 16. The normalized spacial score (nSPS) is 13.7. The molecule has 406 valence electrons. The topological polar surface area (TPSA) is 510 Å². The Morgan fingerprint density at radius 3 is 1.12 bits per heavy atom. The van der Waals surface area contributed by atoms with Crippen LogP contribution in [0.15, 0.2) is 0 Å². The molecule has 0 spiro atoms. The Labute approximate surface area is 411 Å². The van der Waals surface area contributed by atoms with Gasteiger partial charge in [-0.25, -0.2) is 0 Å². The van der Waals surface area contributed by atoms with Gasteiger partial charge in [0.25, 0.3) is 0 Å². The van der Waals surface area contributed by atoms with Crippen LogP contribution in [0.3, 0.4) is 0 Å². The first-order chi connectivity index (χ1) is 33.8. The van der Waals surface area contributed by atoms with Gasteiger partial charge in [0.15, 0.2) is 0 Å². The van der Waals surface area contributed by atoms with Crippen LogP contribution in [0, 0.1) is 0 Å². The van der Waals surface area contributed by atoms with Gasteiger partial charge in [-0.05, 0) is 71.9 Å². The zero-order valence-corrected chi connectivity index (χ0v) is 39.8. The smallest absolute Gasteiger partial charge is 0.303 e. The molecule has 0 fully saturated rings. The van der Waals surface area contributed by atoms with E-state index in [-0.39, 0.29) is 32.7 Å². The van der Waals surface area contributed by atoms with Gasteiger partial charge in [-0.2, -0.15) is 0 Å². The summed E-state index contributed by atoms with van der Waals surface area (Å²) in [5.74, 6) is -16.5. The number of carbonyl (C=O) groups excluding carboxylic acids is 9. The Morgan fingerprint density at radius 1 is 0.458 bits per heavy atom. The molecule has 0 aromatic heterocycles. The zero-order chi connectivity index (χ0) is 54.9. The number of carboxylic acid groups (broad SMARTS) is 5. The van der Waals surface area contributed by atoms with Gasteiger partial charge < -0.3 is 89.6 Å². The number of carbonyl (C=O) groups is 14. The van der Waals surface area contributed by atoms with Crippen LogP contribution < -0.4 is 59.3 Å². The number of aliphatic carboxylic acids is 5. The van der Waals surface area contributed by atoms with Gasteiger partial charge in [-0.15, -0.1) is 0 Å². The van der Waals surface area contributed by atoms with Crippen molar-refractivity contribution in [2.24, 2.45) is 11.5 Å². The number of nitrogens with one attached hydrogen (secondary N) is 9. The summed E-state index contributed by atoms with van der Waals surface area (Å²) in [5, 5.41) is 67.5. The predicted molar refractivity (Wildman–Crippen MR) is 243 cm³/mol. The summed E-state index contributed by atoms with van der Waals surface area (Å²) in [6.45, 7) is 0.346. The molecule has 0 heterocycles. The summed E-state index contributed by atoms with van der Waals surface area (Å²) in [7, 11) is 1.55. The van der Waals surface area contributed by atoms with Crippen molar-refractivity contribution in [3.05, 3.63) is 0 Å². The van der Waals surface area contributed by atoms with Crippen molar-refractivity contribution in [3.8, 4) is 0 Å². The summed E-state index contributed by atoms with van der Waals surface area (Å²) in [4.78, 5) is 174. The Kier molecular flexibility index (Phi) is 31.8. The molecule has 0 bridgehead atoms. The average molecular weight is 1030 g/mol. The summed E-state index contributed by atoms with van der Waals surface area (Å²) >= 11 is 0. The molecule has 9 amide bonds. The third-order valence-electron chi connectivity index (χ3n) is 10.1. The van der Waals surface area contributed by atoms with Crippen molar-refractivity contribution >= 4 is 83.0 Å². The molecule has 0 aromatic rings. The minimum Gasteiger partial charge on any atom is -0.481 e. The molecule has 31 nitrogen and oxygen atoms in total. The molecule has 0 rings (SSSR count). The molecule has 0 radical (unpaired) electrons. The highest BCUT2D eigenvalue weighted by molar-refractivity contribution is 5.97. The summed E-state index contributed by atoms with van der Waals surface area (Å²) in [6.07, 6.45) is -6.43. The maximum atomic E-state index is 13.8. The fraction of sp³-hybridized carbons (Fsp3) is 0.659. The van der Waals surface area contributed by atoms with Crippen molar-refractivity contribution in [2.75, 3.05) is 39.9 Å². The third kappa shape index (κ3) is 29.5. The van der Waals surface area contributed by atoms with Crippen LogP contribution in [0.4, 0.5) is 0 Å². The first-order valence-corrected chi connectivity index (χ1v) is 22.5. The second kappa shape index (κ2) is 35.5. The van der Waals surface area contributed by atoms with Crippen molar-refractivity contribution in [3.63, 3.8) is 0 Å². The van der Waals surface area contributed by atoms with E-state index < -0.39 is 196 Å². The molecule has 0 saturated heterocycles. The molecule has 72 heavy (non-hydrogen) atoms. The van der Waals surface area contributed by atoms with Crippen molar-refractivity contribution in [2.45, 2.75) is 133 Å². The number of unbranched alkanes of at least 4 members (excludes halogenated alkanes) is 1. The van der Waals surface area contributed by atoms with Crippen LogP contribution in [0.1, 0.15) is 90.4 Å². The lowest BCUT2D eigenvalue weighted by Gasteiger charge is -2.27. The van der Waals surface area contributed by atoms with Gasteiger partial charge >= 0.3 is 29.8 Å². The molecule has 18 N–H and O–H groups in total. The van der Waals surface area contributed by atoms with Crippen molar-refractivity contribution in [1.29, 1.82) is 0 Å². The van der Waals surface area contributed by atoms with Gasteiger partial charge in [-0.1, -0.05) is 0 Å². The van der Waals surface area contributed by atoms with Crippen molar-refractivity contribution < 1.29 is 97.4 Å². The molecule has 0 saturated carbocycles. The highest BCUT2D eigenvalue weighted by atomic mass is 16.5. The van der Waals surface area contributed by atoms with E-state index in [0.717, 1.165) is 0 Å². The van der Waals surface area contributed by atoms with Crippen molar-refractivity contribution in [1.82, 2.24) is 47.9 Å². The van der Waals surface area contributed by atoms with Gasteiger partial charge in [-0.3, -0.25) is 67.1 Å². The lowest BCUT2D eigenvalue weighted by molar-refractivity contribution is -0.141. The second-order valence-electron chi connectivity index (χ2n) is 15.9. The molecule has 31 heteroatoms. The van der Waals surface area contributed by atoms with E-state index in [1.807, 2.05) is 0 Å². The number of carboxylic acids is 5. The standard InChI is InChI=1S/C41H67N11O20/c1-21(44-2)36(66)46-19-28(53)45-17-18-72-20-29(54)47-23(6-11-30(55)56)37(67)49-25(8-13-32(59)60)39(69)51-27(10-15-34(63)64)41(71)52-26(9-14-33(61)62)40(70)50-24(7-12-31(57)58)38(68)48-22(35(43)65)5-3-4-16-42/h21-27,44H,3-20,42H2,1-2H3,(H2,43,65)(H,45,53)(H,46,66)(H,47,54)(H,48,68)(H,49,67)(H,50,70)(H,51,69)(H,52,71)(H,55,56)(H,57,58)(H,59,60)(H,61,62)(H,63,64)/t21-,22+,23+,24+,25+,26+,27+/m0/s1. The van der Waals surface area contributed by atoms with E-state index in [2.05, 4.69) is 47.9 Å². The van der Waals surface area contributed by atoms with Crippen LogP contribution in [0.5, 0.6) is 0 Å². The Bertz CT molecular complexity index is 1920. The highest BCUT2D eigenvalue weighted by Crippen LogP contribution is 2.10. The van der Waals surface area contributed by atoms with Gasteiger partial charge in [0.2, 0.25) is 53.2 Å². The van der Waals surface area contributed by atoms with E-state index >= 15 is 0 Å². The summed E-state index contributed by atoms with van der Waals surface area (Å²) < 4.78 is 5.18. The van der Waals surface area contributed by atoms with Gasteiger partial charge in [0.1, 0.15) is 42.9 Å². The number of ether oxygens (including phenoxy) is 1. The maximum Gasteiger partial charge on any atom is 0.303 e.